The lowest BCUT2D eigenvalue weighted by Gasteiger charge is -2.39. The van der Waals surface area contributed by atoms with Crippen molar-refractivity contribution >= 4 is 0 Å². The molecule has 0 radical (unpaired) electrons. The van der Waals surface area contributed by atoms with Crippen LogP contribution in [0.15, 0.2) is 0 Å². The van der Waals surface area contributed by atoms with Crippen LogP contribution in [-0.4, -0.2) is 68.8 Å². The Labute approximate surface area is 106 Å². The van der Waals surface area contributed by atoms with Crippen LogP contribution in [0, 0.1) is 5.92 Å². The molecular weight excluding hydrogens is 214 g/mol. The van der Waals surface area contributed by atoms with E-state index in [-0.39, 0.29) is 5.54 Å². The van der Waals surface area contributed by atoms with E-state index < -0.39 is 0 Å². The second-order valence-corrected chi connectivity index (χ2v) is 5.64. The molecule has 2 unspecified atom stereocenters. The van der Waals surface area contributed by atoms with Crippen LogP contribution in [0.25, 0.3) is 0 Å². The summed E-state index contributed by atoms with van der Waals surface area (Å²) < 4.78 is 5.56. The number of ether oxygens (including phenoxy) is 1. The third-order valence-corrected chi connectivity index (χ3v) is 4.00. The molecule has 0 bridgehead atoms. The molecule has 0 aromatic carbocycles. The lowest BCUT2D eigenvalue weighted by Crippen LogP contribution is -2.54. The average molecular weight is 243 g/mol. The summed E-state index contributed by atoms with van der Waals surface area (Å²) in [7, 11) is 4.37. The summed E-state index contributed by atoms with van der Waals surface area (Å²) in [4.78, 5) is 4.79. The van der Waals surface area contributed by atoms with Gasteiger partial charge in [-0.1, -0.05) is 0 Å². The standard InChI is InChI=1S/C13H29N3O/c1-5-17-11-13(2,10-14)16(4)9-12-6-7-15(3)8-12/h12H,5-11,14H2,1-4H3. The fraction of sp³-hybridized carbons (Fsp3) is 1.00. The number of likely N-dealkylation sites (N-methyl/N-ethyl adjacent to an activating group) is 1. The van der Waals surface area contributed by atoms with Crippen molar-refractivity contribution in [1.82, 2.24) is 9.80 Å². The molecule has 1 fully saturated rings. The van der Waals surface area contributed by atoms with Crippen molar-refractivity contribution in [2.45, 2.75) is 25.8 Å². The summed E-state index contributed by atoms with van der Waals surface area (Å²) in [6.45, 7) is 9.90. The molecule has 0 aliphatic carbocycles. The molecule has 4 heteroatoms. The first-order chi connectivity index (χ1) is 8.01. The minimum absolute atomic E-state index is 0.0306. The molecule has 2 atom stereocenters. The summed E-state index contributed by atoms with van der Waals surface area (Å²) in [5, 5.41) is 0. The fourth-order valence-electron chi connectivity index (χ4n) is 2.43. The fourth-order valence-corrected chi connectivity index (χ4v) is 2.43. The Morgan fingerprint density at radius 1 is 1.53 bits per heavy atom. The van der Waals surface area contributed by atoms with Crippen LogP contribution in [0.5, 0.6) is 0 Å². The van der Waals surface area contributed by atoms with E-state index in [1.807, 2.05) is 6.92 Å². The zero-order valence-corrected chi connectivity index (χ0v) is 11.9. The zero-order valence-electron chi connectivity index (χ0n) is 11.9. The van der Waals surface area contributed by atoms with Crippen molar-refractivity contribution in [2.75, 3.05) is 53.5 Å². The maximum absolute atomic E-state index is 5.92. The number of rotatable bonds is 7. The Bertz CT molecular complexity index is 225. The lowest BCUT2D eigenvalue weighted by atomic mass is 9.99. The van der Waals surface area contributed by atoms with Crippen molar-refractivity contribution in [2.24, 2.45) is 11.7 Å². The van der Waals surface area contributed by atoms with Crippen molar-refractivity contribution in [1.29, 1.82) is 0 Å². The number of hydrogen-bond acceptors (Lipinski definition) is 4. The zero-order chi connectivity index (χ0) is 12.9. The van der Waals surface area contributed by atoms with E-state index in [9.17, 15) is 0 Å². The van der Waals surface area contributed by atoms with Gasteiger partial charge < -0.3 is 15.4 Å². The number of nitrogens with two attached hydrogens (primary N) is 1. The Hall–Kier alpha value is -0.160. The third kappa shape index (κ3) is 4.21. The van der Waals surface area contributed by atoms with Crippen molar-refractivity contribution < 1.29 is 4.74 Å². The predicted molar refractivity (Wildman–Crippen MR) is 72.2 cm³/mol. The van der Waals surface area contributed by atoms with Gasteiger partial charge in [-0.3, -0.25) is 4.90 Å². The van der Waals surface area contributed by atoms with E-state index in [4.69, 9.17) is 10.5 Å². The van der Waals surface area contributed by atoms with E-state index in [0.29, 0.717) is 6.54 Å². The topological polar surface area (TPSA) is 41.7 Å². The predicted octanol–water partition coefficient (Wildman–Crippen LogP) is 0.624. The maximum Gasteiger partial charge on any atom is 0.0659 e. The monoisotopic (exact) mass is 243 g/mol. The molecule has 1 saturated heterocycles. The Morgan fingerprint density at radius 2 is 2.24 bits per heavy atom. The van der Waals surface area contributed by atoms with Gasteiger partial charge in [-0.05, 0) is 46.8 Å². The van der Waals surface area contributed by atoms with Gasteiger partial charge in [0.25, 0.3) is 0 Å². The maximum atomic E-state index is 5.92. The molecule has 0 aromatic rings. The second kappa shape index (κ2) is 6.69. The van der Waals surface area contributed by atoms with Gasteiger partial charge in [0, 0.05) is 26.2 Å². The minimum Gasteiger partial charge on any atom is -0.380 e. The number of likely N-dealkylation sites (tertiary alicyclic amines) is 1. The van der Waals surface area contributed by atoms with Crippen LogP contribution in [0.2, 0.25) is 0 Å². The highest BCUT2D eigenvalue weighted by atomic mass is 16.5. The summed E-state index contributed by atoms with van der Waals surface area (Å²) in [5.74, 6) is 0.775. The molecule has 1 aliphatic rings. The Kier molecular flexibility index (Phi) is 5.86. The van der Waals surface area contributed by atoms with Gasteiger partial charge >= 0.3 is 0 Å². The van der Waals surface area contributed by atoms with Crippen molar-refractivity contribution in [3.8, 4) is 0 Å². The molecule has 0 spiro atoms. The largest absolute Gasteiger partial charge is 0.380 e. The molecule has 0 amide bonds. The molecule has 0 saturated carbocycles. The molecule has 0 aromatic heterocycles. The average Bonchev–Trinajstić information content (AvgIpc) is 2.71. The van der Waals surface area contributed by atoms with Crippen LogP contribution in [0.1, 0.15) is 20.3 Å². The first-order valence-electron chi connectivity index (χ1n) is 6.69. The molecule has 17 heavy (non-hydrogen) atoms. The number of nitrogens with zero attached hydrogens (tertiary/aromatic N) is 2. The Morgan fingerprint density at radius 3 is 2.71 bits per heavy atom. The molecule has 1 heterocycles. The van der Waals surface area contributed by atoms with E-state index in [2.05, 4.69) is 30.8 Å². The summed E-state index contributed by atoms with van der Waals surface area (Å²) in [6.07, 6.45) is 1.30. The first-order valence-corrected chi connectivity index (χ1v) is 6.69. The molecule has 102 valence electrons. The quantitative estimate of drug-likeness (QED) is 0.712. The molecule has 1 aliphatic heterocycles. The van der Waals surface area contributed by atoms with Gasteiger partial charge in [-0.15, -0.1) is 0 Å². The molecule has 1 rings (SSSR count). The smallest absolute Gasteiger partial charge is 0.0659 e. The second-order valence-electron chi connectivity index (χ2n) is 5.64. The van der Waals surface area contributed by atoms with E-state index >= 15 is 0 Å². The third-order valence-electron chi connectivity index (χ3n) is 4.00. The molecule has 4 nitrogen and oxygen atoms in total. The van der Waals surface area contributed by atoms with Gasteiger partial charge in [-0.2, -0.15) is 0 Å². The SMILES string of the molecule is CCOCC(C)(CN)N(C)CC1CCN(C)C1. The molecule has 2 N–H and O–H groups in total. The van der Waals surface area contributed by atoms with Crippen LogP contribution >= 0.6 is 0 Å². The summed E-state index contributed by atoms with van der Waals surface area (Å²) in [6, 6.07) is 0. The Balaban J connectivity index is 2.44. The highest BCUT2D eigenvalue weighted by Crippen LogP contribution is 2.20. The summed E-state index contributed by atoms with van der Waals surface area (Å²) >= 11 is 0. The first kappa shape index (κ1) is 14.9. The van der Waals surface area contributed by atoms with Gasteiger partial charge in [0.15, 0.2) is 0 Å². The van der Waals surface area contributed by atoms with E-state index in [0.717, 1.165) is 25.7 Å². The highest BCUT2D eigenvalue weighted by Gasteiger charge is 2.31. The van der Waals surface area contributed by atoms with Crippen molar-refractivity contribution in [3.63, 3.8) is 0 Å². The van der Waals surface area contributed by atoms with Gasteiger partial charge in [0.1, 0.15) is 0 Å². The molecular formula is C13H29N3O. The van der Waals surface area contributed by atoms with E-state index in [1.165, 1.54) is 19.5 Å². The summed E-state index contributed by atoms with van der Waals surface area (Å²) in [5.41, 5.74) is 5.89. The van der Waals surface area contributed by atoms with Crippen LogP contribution in [0.3, 0.4) is 0 Å². The van der Waals surface area contributed by atoms with Crippen LogP contribution in [0.4, 0.5) is 0 Å². The minimum atomic E-state index is -0.0306. The van der Waals surface area contributed by atoms with E-state index in [1.54, 1.807) is 0 Å². The van der Waals surface area contributed by atoms with Crippen LogP contribution in [-0.2, 0) is 4.74 Å². The highest BCUT2D eigenvalue weighted by molar-refractivity contribution is 4.88. The van der Waals surface area contributed by atoms with Gasteiger partial charge in [-0.25, -0.2) is 0 Å². The van der Waals surface area contributed by atoms with Gasteiger partial charge in [0.2, 0.25) is 0 Å². The normalized spacial score (nSPS) is 25.4. The lowest BCUT2D eigenvalue weighted by molar-refractivity contribution is 0.0176. The van der Waals surface area contributed by atoms with Crippen molar-refractivity contribution in [3.05, 3.63) is 0 Å². The number of hydrogen-bond donors (Lipinski definition) is 1. The van der Waals surface area contributed by atoms with Crippen LogP contribution < -0.4 is 5.73 Å². The van der Waals surface area contributed by atoms with Gasteiger partial charge in [0.05, 0.1) is 12.1 Å².